The van der Waals surface area contributed by atoms with E-state index < -0.39 is 5.25 Å². The largest absolute Gasteiger partial charge is 0.352 e. The molecule has 3 N–H and O–H groups in total. The topological polar surface area (TPSA) is 85.8 Å². The van der Waals surface area contributed by atoms with Gasteiger partial charge >= 0.3 is 0 Å². The minimum atomic E-state index is -0.396. The molecule has 0 saturated carbocycles. The van der Waals surface area contributed by atoms with Gasteiger partial charge in [0.15, 0.2) is 5.82 Å². The number of nitrogens with two attached hydrogens (primary N) is 1. The molecular formula is C14H16FN5OS. The van der Waals surface area contributed by atoms with Gasteiger partial charge < -0.3 is 11.2 Å². The number of benzene rings is 1. The molecule has 1 aromatic heterocycles. The lowest BCUT2D eigenvalue weighted by Gasteiger charge is -2.10. The van der Waals surface area contributed by atoms with Gasteiger partial charge in [0.05, 0.1) is 5.25 Å². The van der Waals surface area contributed by atoms with E-state index in [1.165, 1.54) is 28.6 Å². The summed E-state index contributed by atoms with van der Waals surface area (Å²) in [5, 5.41) is 10.6. The predicted octanol–water partition coefficient (Wildman–Crippen LogP) is 1.58. The first-order valence-corrected chi connectivity index (χ1v) is 7.42. The van der Waals surface area contributed by atoms with E-state index in [2.05, 4.69) is 22.1 Å². The Morgan fingerprint density at radius 1 is 1.59 bits per heavy atom. The van der Waals surface area contributed by atoms with Crippen molar-refractivity contribution in [2.24, 2.45) is 0 Å². The van der Waals surface area contributed by atoms with E-state index in [0.717, 1.165) is 0 Å². The van der Waals surface area contributed by atoms with E-state index >= 15 is 0 Å². The number of nitrogens with zero attached hydrogens (tertiary/aromatic N) is 3. The molecule has 8 heteroatoms. The number of rotatable bonds is 6. The molecule has 0 spiro atoms. The van der Waals surface area contributed by atoms with Crippen molar-refractivity contribution in [3.05, 3.63) is 42.7 Å². The molecule has 2 aromatic rings. The highest BCUT2D eigenvalue weighted by Crippen LogP contribution is 2.25. The predicted molar refractivity (Wildman–Crippen MR) is 84.1 cm³/mol. The molecule has 0 unspecified atom stereocenters. The highest BCUT2D eigenvalue weighted by atomic mass is 32.2. The first-order chi connectivity index (χ1) is 10.5. The van der Waals surface area contributed by atoms with Crippen LogP contribution in [0.1, 0.15) is 6.92 Å². The van der Waals surface area contributed by atoms with Crippen LogP contribution in [0, 0.1) is 5.82 Å². The molecule has 22 heavy (non-hydrogen) atoms. The Kier molecular flexibility index (Phi) is 5.16. The Morgan fingerprint density at radius 2 is 2.36 bits per heavy atom. The molecule has 0 fully saturated rings. The van der Waals surface area contributed by atoms with Gasteiger partial charge in [-0.05, 0) is 19.1 Å². The van der Waals surface area contributed by atoms with Gasteiger partial charge in [-0.15, -0.1) is 16.8 Å². The number of nitrogen functional groups attached to an aromatic ring is 1. The van der Waals surface area contributed by atoms with Crippen LogP contribution in [0.5, 0.6) is 0 Å². The van der Waals surface area contributed by atoms with Crippen LogP contribution in [0.15, 0.2) is 42.1 Å². The van der Waals surface area contributed by atoms with Crippen molar-refractivity contribution in [2.75, 3.05) is 12.4 Å². The smallest absolute Gasteiger partial charge is 0.233 e. The minimum Gasteiger partial charge on any atom is -0.352 e. The average Bonchev–Trinajstić information content (AvgIpc) is 2.86. The third-order valence-electron chi connectivity index (χ3n) is 2.82. The number of nitrogens with one attached hydrogen (secondary N) is 1. The minimum absolute atomic E-state index is 0.153. The van der Waals surface area contributed by atoms with Gasteiger partial charge in [0, 0.05) is 12.1 Å². The number of hydrogen-bond donors (Lipinski definition) is 2. The molecule has 0 saturated heterocycles. The Morgan fingerprint density at radius 3 is 3.05 bits per heavy atom. The molecule has 0 aliphatic rings. The van der Waals surface area contributed by atoms with Crippen molar-refractivity contribution in [3.8, 4) is 11.4 Å². The van der Waals surface area contributed by atoms with E-state index in [9.17, 15) is 9.18 Å². The van der Waals surface area contributed by atoms with Crippen molar-refractivity contribution in [1.82, 2.24) is 20.2 Å². The highest BCUT2D eigenvalue weighted by Gasteiger charge is 2.19. The summed E-state index contributed by atoms with van der Waals surface area (Å²) in [6.07, 6.45) is 1.60. The molecule has 1 atom stereocenters. The molecule has 116 valence electrons. The lowest BCUT2D eigenvalue weighted by Crippen LogP contribution is -2.31. The molecule has 1 amide bonds. The summed E-state index contributed by atoms with van der Waals surface area (Å²) in [6.45, 7) is 5.67. The molecule has 1 heterocycles. The lowest BCUT2D eigenvalue weighted by molar-refractivity contribution is -0.120. The fourth-order valence-corrected chi connectivity index (χ4v) is 2.50. The van der Waals surface area contributed by atoms with Gasteiger partial charge in [-0.3, -0.25) is 4.79 Å². The summed E-state index contributed by atoms with van der Waals surface area (Å²) in [7, 11) is 0. The second kappa shape index (κ2) is 7.08. The Hall–Kier alpha value is -2.35. The van der Waals surface area contributed by atoms with E-state index in [0.29, 0.717) is 23.1 Å². The summed E-state index contributed by atoms with van der Waals surface area (Å²) in [5.41, 5.74) is 0.519. The van der Waals surface area contributed by atoms with Crippen molar-refractivity contribution in [3.63, 3.8) is 0 Å². The van der Waals surface area contributed by atoms with Crippen LogP contribution in [0.3, 0.4) is 0 Å². The molecule has 6 nitrogen and oxygen atoms in total. The van der Waals surface area contributed by atoms with E-state index in [1.54, 1.807) is 25.1 Å². The highest BCUT2D eigenvalue weighted by molar-refractivity contribution is 8.00. The third-order valence-corrected chi connectivity index (χ3v) is 3.88. The molecule has 1 aromatic carbocycles. The third kappa shape index (κ3) is 3.64. The molecular weight excluding hydrogens is 305 g/mol. The zero-order chi connectivity index (χ0) is 16.1. The summed E-state index contributed by atoms with van der Waals surface area (Å²) >= 11 is 1.17. The fraction of sp³-hybridized carbons (Fsp3) is 0.214. The maximum absolute atomic E-state index is 13.3. The number of hydrogen-bond acceptors (Lipinski definition) is 5. The summed E-state index contributed by atoms with van der Waals surface area (Å²) in [5.74, 6) is 5.73. The average molecular weight is 321 g/mol. The van der Waals surface area contributed by atoms with E-state index in [4.69, 9.17) is 5.84 Å². The quantitative estimate of drug-likeness (QED) is 0.479. The zero-order valence-corrected chi connectivity index (χ0v) is 12.8. The number of aromatic nitrogens is 3. The number of thioether (sulfide) groups is 1. The van der Waals surface area contributed by atoms with Crippen LogP contribution in [-0.4, -0.2) is 32.6 Å². The summed E-state index contributed by atoms with van der Waals surface area (Å²) in [6, 6.07) is 5.91. The van der Waals surface area contributed by atoms with Gasteiger partial charge in [-0.1, -0.05) is 30.0 Å². The van der Waals surface area contributed by atoms with Crippen LogP contribution >= 0.6 is 11.8 Å². The number of amides is 1. The molecule has 2 rings (SSSR count). The first-order valence-electron chi connectivity index (χ1n) is 6.54. The lowest BCUT2D eigenvalue weighted by atomic mass is 10.2. The Labute approximate surface area is 131 Å². The molecule has 0 radical (unpaired) electrons. The Balaban J connectivity index is 2.14. The summed E-state index contributed by atoms with van der Waals surface area (Å²) < 4.78 is 14.5. The monoisotopic (exact) mass is 321 g/mol. The van der Waals surface area contributed by atoms with Crippen molar-refractivity contribution >= 4 is 17.7 Å². The van der Waals surface area contributed by atoms with Crippen LogP contribution in [0.4, 0.5) is 4.39 Å². The van der Waals surface area contributed by atoms with Crippen molar-refractivity contribution in [1.29, 1.82) is 0 Å². The summed E-state index contributed by atoms with van der Waals surface area (Å²) in [4.78, 5) is 11.8. The second-order valence-electron chi connectivity index (χ2n) is 4.48. The van der Waals surface area contributed by atoms with Crippen LogP contribution in [0.2, 0.25) is 0 Å². The van der Waals surface area contributed by atoms with Gasteiger partial charge in [0.25, 0.3) is 0 Å². The fourth-order valence-electron chi connectivity index (χ4n) is 1.71. The Bertz CT molecular complexity index is 688. The van der Waals surface area contributed by atoms with Crippen LogP contribution < -0.4 is 11.2 Å². The SMILES string of the molecule is C=CCNC(=O)[C@@H](C)Sc1nnc(-c2cccc(F)c2)n1N. The van der Waals surface area contributed by atoms with Crippen LogP contribution in [0.25, 0.3) is 11.4 Å². The van der Waals surface area contributed by atoms with Crippen molar-refractivity contribution in [2.45, 2.75) is 17.3 Å². The van der Waals surface area contributed by atoms with Crippen molar-refractivity contribution < 1.29 is 9.18 Å². The molecule has 0 aliphatic carbocycles. The van der Waals surface area contributed by atoms with E-state index in [1.807, 2.05) is 0 Å². The normalized spacial score (nSPS) is 11.9. The zero-order valence-electron chi connectivity index (χ0n) is 12.0. The number of carbonyl (C=O) groups is 1. The van der Waals surface area contributed by atoms with E-state index in [-0.39, 0.29) is 11.7 Å². The van der Waals surface area contributed by atoms with Crippen LogP contribution in [-0.2, 0) is 4.79 Å². The standard InChI is InChI=1S/C14H16FN5OS/c1-3-7-17-13(21)9(2)22-14-19-18-12(20(14)16)10-5-4-6-11(15)8-10/h3-6,8-9H,1,7,16H2,2H3,(H,17,21)/t9-/m1/s1. The maximum Gasteiger partial charge on any atom is 0.233 e. The maximum atomic E-state index is 13.3. The number of halogens is 1. The molecule has 0 bridgehead atoms. The second-order valence-corrected chi connectivity index (χ2v) is 5.79. The van der Waals surface area contributed by atoms with Gasteiger partial charge in [0.2, 0.25) is 11.1 Å². The van der Waals surface area contributed by atoms with Gasteiger partial charge in [0.1, 0.15) is 5.82 Å². The van der Waals surface area contributed by atoms with Gasteiger partial charge in [-0.2, -0.15) is 0 Å². The first kappa shape index (κ1) is 16.0. The molecule has 0 aliphatic heterocycles. The van der Waals surface area contributed by atoms with Gasteiger partial charge in [-0.25, -0.2) is 9.07 Å². The number of carbonyl (C=O) groups excluding carboxylic acids is 1.